The van der Waals surface area contributed by atoms with Crippen LogP contribution in [0, 0.1) is 0 Å². The molecule has 20 heavy (non-hydrogen) atoms. The molecular formula is C16H14N2O2. The Morgan fingerprint density at radius 1 is 1.20 bits per heavy atom. The molecule has 0 radical (unpaired) electrons. The quantitative estimate of drug-likeness (QED) is 0.731. The molecule has 100 valence electrons. The standard InChI is InChI=1S/C16H14N2O2/c1-18(11-12-6-3-2-4-7-12)16(19)15-10-13-14(20-15)8-5-9-17-13/h2-10H,11H2,1H3. The monoisotopic (exact) mass is 266 g/mol. The first-order chi connectivity index (χ1) is 9.74. The van der Waals surface area contributed by atoms with E-state index in [9.17, 15) is 4.79 Å². The average Bonchev–Trinajstić information content (AvgIpc) is 2.91. The predicted octanol–water partition coefficient (Wildman–Crippen LogP) is 3.10. The summed E-state index contributed by atoms with van der Waals surface area (Å²) in [5, 5.41) is 0. The van der Waals surface area contributed by atoms with Gasteiger partial charge < -0.3 is 9.32 Å². The van der Waals surface area contributed by atoms with E-state index in [1.807, 2.05) is 30.3 Å². The van der Waals surface area contributed by atoms with Gasteiger partial charge in [0.05, 0.1) is 0 Å². The second-order valence-electron chi connectivity index (χ2n) is 4.64. The van der Waals surface area contributed by atoms with Crippen molar-refractivity contribution in [1.82, 2.24) is 9.88 Å². The number of pyridine rings is 1. The summed E-state index contributed by atoms with van der Waals surface area (Å²) in [5.41, 5.74) is 2.41. The van der Waals surface area contributed by atoms with Crippen LogP contribution in [-0.4, -0.2) is 22.8 Å². The lowest BCUT2D eigenvalue weighted by molar-refractivity contribution is 0.0756. The number of hydrogen-bond donors (Lipinski definition) is 0. The summed E-state index contributed by atoms with van der Waals surface area (Å²) in [6.45, 7) is 0.546. The molecule has 0 atom stereocenters. The van der Waals surface area contributed by atoms with Gasteiger partial charge in [0.1, 0.15) is 5.52 Å². The van der Waals surface area contributed by atoms with E-state index >= 15 is 0 Å². The van der Waals surface area contributed by atoms with Gasteiger partial charge in [0.2, 0.25) is 0 Å². The topological polar surface area (TPSA) is 46.3 Å². The third kappa shape index (κ3) is 2.40. The number of amides is 1. The zero-order valence-corrected chi connectivity index (χ0v) is 11.1. The molecule has 0 spiro atoms. The molecule has 0 aliphatic rings. The fourth-order valence-electron chi connectivity index (χ4n) is 2.09. The van der Waals surface area contributed by atoms with Crippen LogP contribution in [0.15, 0.2) is 59.1 Å². The molecule has 1 aromatic carbocycles. The molecule has 2 heterocycles. The number of aromatic nitrogens is 1. The van der Waals surface area contributed by atoms with Gasteiger partial charge in [-0.2, -0.15) is 0 Å². The molecule has 0 saturated carbocycles. The van der Waals surface area contributed by atoms with Crippen molar-refractivity contribution in [3.05, 3.63) is 66.1 Å². The molecule has 3 rings (SSSR count). The van der Waals surface area contributed by atoms with Crippen molar-refractivity contribution in [3.63, 3.8) is 0 Å². The summed E-state index contributed by atoms with van der Waals surface area (Å²) >= 11 is 0. The van der Waals surface area contributed by atoms with E-state index in [0.29, 0.717) is 23.4 Å². The van der Waals surface area contributed by atoms with Crippen LogP contribution in [0.3, 0.4) is 0 Å². The Labute approximate surface area is 116 Å². The first kappa shape index (κ1) is 12.4. The second kappa shape index (κ2) is 5.17. The van der Waals surface area contributed by atoms with E-state index in [2.05, 4.69) is 4.98 Å². The Morgan fingerprint density at radius 3 is 2.75 bits per heavy atom. The van der Waals surface area contributed by atoms with Gasteiger partial charge in [0.25, 0.3) is 5.91 Å². The van der Waals surface area contributed by atoms with Gasteiger partial charge in [-0.15, -0.1) is 0 Å². The van der Waals surface area contributed by atoms with Crippen LogP contribution in [0.2, 0.25) is 0 Å². The van der Waals surface area contributed by atoms with E-state index in [4.69, 9.17) is 4.42 Å². The largest absolute Gasteiger partial charge is 0.449 e. The lowest BCUT2D eigenvalue weighted by Gasteiger charge is -2.15. The fourth-order valence-corrected chi connectivity index (χ4v) is 2.09. The number of fused-ring (bicyclic) bond motifs is 1. The number of carbonyl (C=O) groups is 1. The van der Waals surface area contributed by atoms with Crippen LogP contribution in [0.1, 0.15) is 16.1 Å². The van der Waals surface area contributed by atoms with Gasteiger partial charge in [-0.3, -0.25) is 9.78 Å². The minimum Gasteiger partial charge on any atom is -0.449 e. The molecule has 0 fully saturated rings. The molecule has 0 bridgehead atoms. The lowest BCUT2D eigenvalue weighted by atomic mass is 10.2. The van der Waals surface area contributed by atoms with E-state index < -0.39 is 0 Å². The van der Waals surface area contributed by atoms with Crippen molar-refractivity contribution in [2.75, 3.05) is 7.05 Å². The van der Waals surface area contributed by atoms with E-state index in [1.54, 1.807) is 36.3 Å². The van der Waals surface area contributed by atoms with Gasteiger partial charge in [-0.05, 0) is 17.7 Å². The van der Waals surface area contributed by atoms with E-state index in [-0.39, 0.29) is 5.91 Å². The third-order valence-electron chi connectivity index (χ3n) is 3.11. The van der Waals surface area contributed by atoms with Crippen LogP contribution < -0.4 is 0 Å². The molecule has 4 nitrogen and oxygen atoms in total. The molecule has 0 aliphatic carbocycles. The Hall–Kier alpha value is -2.62. The lowest BCUT2D eigenvalue weighted by Crippen LogP contribution is -2.25. The van der Waals surface area contributed by atoms with Gasteiger partial charge in [-0.25, -0.2) is 0 Å². The van der Waals surface area contributed by atoms with Crippen LogP contribution in [0.25, 0.3) is 11.1 Å². The maximum atomic E-state index is 12.3. The summed E-state index contributed by atoms with van der Waals surface area (Å²) < 4.78 is 5.53. The first-order valence-electron chi connectivity index (χ1n) is 6.38. The van der Waals surface area contributed by atoms with Crippen molar-refractivity contribution < 1.29 is 9.21 Å². The highest BCUT2D eigenvalue weighted by atomic mass is 16.3. The number of nitrogens with zero attached hydrogens (tertiary/aromatic N) is 2. The van der Waals surface area contributed by atoms with Crippen molar-refractivity contribution in [3.8, 4) is 0 Å². The number of benzene rings is 1. The Bertz CT molecular complexity index is 701. The highest BCUT2D eigenvalue weighted by molar-refractivity contribution is 5.95. The molecular weight excluding hydrogens is 252 g/mol. The highest BCUT2D eigenvalue weighted by Crippen LogP contribution is 2.18. The maximum Gasteiger partial charge on any atom is 0.289 e. The Balaban J connectivity index is 1.81. The van der Waals surface area contributed by atoms with Crippen LogP contribution >= 0.6 is 0 Å². The van der Waals surface area contributed by atoms with Gasteiger partial charge >= 0.3 is 0 Å². The first-order valence-corrected chi connectivity index (χ1v) is 6.38. The SMILES string of the molecule is CN(Cc1ccccc1)C(=O)c1cc2ncccc2o1. The zero-order valence-electron chi connectivity index (χ0n) is 11.1. The second-order valence-corrected chi connectivity index (χ2v) is 4.64. The fraction of sp³-hybridized carbons (Fsp3) is 0.125. The number of furan rings is 1. The molecule has 1 amide bonds. The third-order valence-corrected chi connectivity index (χ3v) is 3.11. The summed E-state index contributed by atoms with van der Waals surface area (Å²) in [6, 6.07) is 15.1. The number of hydrogen-bond acceptors (Lipinski definition) is 3. The summed E-state index contributed by atoms with van der Waals surface area (Å²) in [6.07, 6.45) is 1.68. The predicted molar refractivity (Wildman–Crippen MR) is 76.2 cm³/mol. The van der Waals surface area contributed by atoms with Crippen molar-refractivity contribution >= 4 is 17.0 Å². The van der Waals surface area contributed by atoms with Crippen molar-refractivity contribution in [1.29, 1.82) is 0 Å². The molecule has 0 saturated heterocycles. The van der Waals surface area contributed by atoms with E-state index in [1.165, 1.54) is 0 Å². The Kier molecular flexibility index (Phi) is 3.21. The average molecular weight is 266 g/mol. The van der Waals surface area contributed by atoms with Crippen molar-refractivity contribution in [2.45, 2.75) is 6.54 Å². The minimum absolute atomic E-state index is 0.146. The smallest absolute Gasteiger partial charge is 0.289 e. The summed E-state index contributed by atoms with van der Waals surface area (Å²) in [4.78, 5) is 18.1. The number of rotatable bonds is 3. The van der Waals surface area contributed by atoms with Crippen molar-refractivity contribution in [2.24, 2.45) is 0 Å². The van der Waals surface area contributed by atoms with Gasteiger partial charge in [-0.1, -0.05) is 30.3 Å². The molecule has 2 aromatic heterocycles. The van der Waals surface area contributed by atoms with Gasteiger partial charge in [0, 0.05) is 25.9 Å². The summed E-state index contributed by atoms with van der Waals surface area (Å²) in [7, 11) is 1.76. The Morgan fingerprint density at radius 2 is 2.00 bits per heavy atom. The molecule has 0 aliphatic heterocycles. The number of carbonyl (C=O) groups excluding carboxylic acids is 1. The van der Waals surface area contributed by atoms with Gasteiger partial charge in [0.15, 0.2) is 11.3 Å². The van der Waals surface area contributed by atoms with E-state index in [0.717, 1.165) is 5.56 Å². The minimum atomic E-state index is -0.146. The van der Waals surface area contributed by atoms with Crippen LogP contribution in [0.4, 0.5) is 0 Å². The molecule has 0 unspecified atom stereocenters. The summed E-state index contributed by atoms with van der Waals surface area (Å²) in [5.74, 6) is 0.170. The zero-order chi connectivity index (χ0) is 13.9. The molecule has 3 aromatic rings. The van der Waals surface area contributed by atoms with Crippen LogP contribution in [-0.2, 0) is 6.54 Å². The molecule has 4 heteroatoms. The highest BCUT2D eigenvalue weighted by Gasteiger charge is 2.17. The maximum absolute atomic E-state index is 12.3. The normalized spacial score (nSPS) is 10.7. The molecule has 0 N–H and O–H groups in total. The van der Waals surface area contributed by atoms with Crippen LogP contribution in [0.5, 0.6) is 0 Å².